The summed E-state index contributed by atoms with van der Waals surface area (Å²) in [5, 5.41) is 48.9. The number of aliphatic hydroxyl groups is 3. The van der Waals surface area contributed by atoms with Gasteiger partial charge in [-0.3, -0.25) is 9.59 Å². The number of phenolic OH excluding ortho intramolecular Hbond substituents is 1. The number of aromatic hydroxyl groups is 1. The molecule has 4 aliphatic rings. The number of hydrogen-bond donors (Lipinski definition) is 5. The van der Waals surface area contributed by atoms with Gasteiger partial charge in [0.05, 0.1) is 11.8 Å². The molecule has 5 rings (SSSR count). The Hall–Kier alpha value is -2.75. The second-order valence-corrected chi connectivity index (χ2v) is 12.7. The number of aliphatic hydroxyl groups excluding tert-OH is 2. The number of hydrogen-bond acceptors (Lipinski definition) is 8. The van der Waals surface area contributed by atoms with Crippen LogP contribution in [0.1, 0.15) is 64.4 Å². The van der Waals surface area contributed by atoms with Gasteiger partial charge in [-0.1, -0.05) is 36.7 Å². The van der Waals surface area contributed by atoms with Gasteiger partial charge in [0.15, 0.2) is 12.4 Å². The lowest BCUT2D eigenvalue weighted by Crippen LogP contribution is -2.62. The van der Waals surface area contributed by atoms with Gasteiger partial charge in [-0.25, -0.2) is 0 Å². The normalized spacial score (nSPS) is 37.6. The number of carbonyl (C=O) groups excluding carboxylic acids is 2. The van der Waals surface area contributed by atoms with Crippen LogP contribution in [0.5, 0.6) is 5.75 Å². The zero-order valence-corrected chi connectivity index (χ0v) is 23.4. The van der Waals surface area contributed by atoms with Gasteiger partial charge in [-0.2, -0.15) is 0 Å². The number of ketones is 1. The van der Waals surface area contributed by atoms with Gasteiger partial charge in [0.2, 0.25) is 0 Å². The molecule has 0 aromatic heterocycles. The number of carbonyl (C=O) groups is 2. The number of nitrogens with zero attached hydrogens (tertiary/aromatic N) is 1. The fraction of sp³-hybridized carbons (Fsp3) is 0.645. The first kappa shape index (κ1) is 28.8. The molecule has 3 fully saturated rings. The van der Waals surface area contributed by atoms with Crippen LogP contribution in [0.3, 0.4) is 0 Å². The molecule has 0 spiro atoms. The number of amides is 1. The first-order valence-corrected chi connectivity index (χ1v) is 14.5. The van der Waals surface area contributed by atoms with Gasteiger partial charge in [-0.15, -0.1) is 0 Å². The molecule has 0 aliphatic heterocycles. The van der Waals surface area contributed by atoms with Crippen molar-refractivity contribution in [1.29, 1.82) is 0 Å². The molecule has 1 aromatic rings. The fourth-order valence-corrected chi connectivity index (χ4v) is 8.60. The Kier molecular flexibility index (Phi) is 7.85. The van der Waals surface area contributed by atoms with E-state index in [9.17, 15) is 30.0 Å². The predicted molar refractivity (Wildman–Crippen MR) is 148 cm³/mol. The number of allylic oxidation sites excluding steroid dienone is 2. The molecule has 1 amide bonds. The highest BCUT2D eigenvalue weighted by Crippen LogP contribution is 2.67. The summed E-state index contributed by atoms with van der Waals surface area (Å²) in [6, 6.07) is 6.87. The molecule has 0 heterocycles. The van der Waals surface area contributed by atoms with Crippen LogP contribution in [-0.2, 0) is 20.8 Å². The maximum atomic E-state index is 12.6. The van der Waals surface area contributed by atoms with Crippen LogP contribution in [0, 0.1) is 28.6 Å². The molecule has 218 valence electrons. The Balaban J connectivity index is 1.20. The molecule has 40 heavy (non-hydrogen) atoms. The van der Waals surface area contributed by atoms with Crippen molar-refractivity contribution in [3.8, 4) is 5.75 Å². The van der Waals surface area contributed by atoms with Gasteiger partial charge < -0.3 is 30.6 Å². The molecule has 9 nitrogen and oxygen atoms in total. The number of fused-ring (bicyclic) bond motifs is 5. The number of phenols is 1. The lowest BCUT2D eigenvalue weighted by Gasteiger charge is -2.60. The standard InChI is InChI=1S/C31H42N2O7/c1-29-12-9-21(33-40-18-27(38)32-14-11-19-3-6-22(35)7-4-19)15-20(29)5-8-23-24-10-13-31(39,26(37)17-34)30(24,2)16-25(36)28(23)29/h3-4,6-7,15,23-25,28,34-36,39H,5,8-14,16-18H2,1-2H3,(H,32,38)/b33-21+/t23-,24+,25+,28+,29+,30+,31+/m1/s1. The van der Waals surface area contributed by atoms with Crippen LogP contribution in [0.2, 0.25) is 0 Å². The van der Waals surface area contributed by atoms with E-state index in [1.54, 1.807) is 12.1 Å². The molecular formula is C31H42N2O7. The summed E-state index contributed by atoms with van der Waals surface area (Å²) >= 11 is 0. The number of benzene rings is 1. The minimum atomic E-state index is -1.59. The molecule has 4 aliphatic carbocycles. The van der Waals surface area contributed by atoms with E-state index < -0.39 is 29.5 Å². The van der Waals surface area contributed by atoms with E-state index in [4.69, 9.17) is 4.84 Å². The summed E-state index contributed by atoms with van der Waals surface area (Å²) in [5.74, 6) is -0.235. The van der Waals surface area contributed by atoms with Crippen LogP contribution >= 0.6 is 0 Å². The monoisotopic (exact) mass is 554 g/mol. The molecule has 1 aromatic carbocycles. The summed E-state index contributed by atoms with van der Waals surface area (Å²) in [7, 11) is 0. The summed E-state index contributed by atoms with van der Waals surface area (Å²) in [4.78, 5) is 30.2. The zero-order chi connectivity index (χ0) is 28.7. The molecule has 3 saturated carbocycles. The maximum Gasteiger partial charge on any atom is 0.260 e. The van der Waals surface area contributed by atoms with Crippen LogP contribution < -0.4 is 5.32 Å². The third-order valence-electron chi connectivity index (χ3n) is 10.7. The molecule has 0 unspecified atom stereocenters. The highest BCUT2D eigenvalue weighted by atomic mass is 16.6. The Morgan fingerprint density at radius 3 is 2.60 bits per heavy atom. The van der Waals surface area contributed by atoms with Crippen LogP contribution in [-0.4, -0.2) is 69.3 Å². The molecule has 0 bridgehead atoms. The van der Waals surface area contributed by atoms with Crippen molar-refractivity contribution in [2.45, 2.75) is 76.9 Å². The van der Waals surface area contributed by atoms with E-state index in [2.05, 4.69) is 23.5 Å². The van der Waals surface area contributed by atoms with Gasteiger partial charge >= 0.3 is 0 Å². The smallest absolute Gasteiger partial charge is 0.260 e. The summed E-state index contributed by atoms with van der Waals surface area (Å²) < 4.78 is 0. The van der Waals surface area contributed by atoms with Crippen LogP contribution in [0.15, 0.2) is 41.1 Å². The minimum absolute atomic E-state index is 0.0268. The van der Waals surface area contributed by atoms with Gasteiger partial charge in [0.25, 0.3) is 5.91 Å². The van der Waals surface area contributed by atoms with Gasteiger partial charge in [0, 0.05) is 12.0 Å². The molecule has 5 N–H and O–H groups in total. The van der Waals surface area contributed by atoms with Gasteiger partial charge in [0.1, 0.15) is 18.0 Å². The summed E-state index contributed by atoms with van der Waals surface area (Å²) in [5.41, 5.74) is 0.503. The van der Waals surface area contributed by atoms with E-state index >= 15 is 0 Å². The minimum Gasteiger partial charge on any atom is -0.508 e. The number of nitrogens with one attached hydrogen (secondary N) is 1. The van der Waals surface area contributed by atoms with Crippen molar-refractivity contribution >= 4 is 17.4 Å². The fourth-order valence-electron chi connectivity index (χ4n) is 8.60. The molecule has 9 heteroatoms. The average Bonchev–Trinajstić information content (AvgIpc) is 3.20. The largest absolute Gasteiger partial charge is 0.508 e. The van der Waals surface area contributed by atoms with Crippen molar-refractivity contribution < 1.29 is 34.9 Å². The zero-order valence-electron chi connectivity index (χ0n) is 23.4. The number of rotatable bonds is 8. The number of Topliss-reactive ketones (excluding diaryl/α,β-unsaturated/α-hetero) is 1. The third kappa shape index (κ3) is 4.86. The van der Waals surface area contributed by atoms with E-state index in [1.165, 1.54) is 5.57 Å². The van der Waals surface area contributed by atoms with E-state index in [-0.39, 0.29) is 41.4 Å². The Labute approximate surface area is 235 Å². The maximum absolute atomic E-state index is 12.6. The highest BCUT2D eigenvalue weighted by molar-refractivity contribution is 5.96. The van der Waals surface area contributed by atoms with E-state index in [0.29, 0.717) is 32.2 Å². The van der Waals surface area contributed by atoms with Crippen LogP contribution in [0.25, 0.3) is 0 Å². The highest BCUT2D eigenvalue weighted by Gasteiger charge is 2.68. The Morgan fingerprint density at radius 2 is 1.88 bits per heavy atom. The third-order valence-corrected chi connectivity index (χ3v) is 10.7. The predicted octanol–water partition coefficient (Wildman–Crippen LogP) is 2.65. The Morgan fingerprint density at radius 1 is 1.12 bits per heavy atom. The quantitative estimate of drug-likeness (QED) is 0.310. The van der Waals surface area contributed by atoms with Crippen molar-refractivity contribution in [3.63, 3.8) is 0 Å². The van der Waals surface area contributed by atoms with Crippen molar-refractivity contribution in [2.24, 2.45) is 33.7 Å². The second-order valence-electron chi connectivity index (χ2n) is 12.7. The SMILES string of the molecule is C[C@]12CC/C(=N\OCC(=O)NCCc3ccc(O)cc3)C=C1CC[C@H]1[C@H]2[C@@H](O)C[C@@]2(C)[C@H]1CC[C@]2(O)C(=O)CO. The van der Waals surface area contributed by atoms with Gasteiger partial charge in [-0.05, 0) is 98.3 Å². The lowest BCUT2D eigenvalue weighted by molar-refractivity contribution is -0.181. The summed E-state index contributed by atoms with van der Waals surface area (Å²) in [6.07, 6.45) is 6.66. The summed E-state index contributed by atoms with van der Waals surface area (Å²) in [6.45, 7) is 3.76. The Bertz CT molecular complexity index is 1200. The first-order valence-electron chi connectivity index (χ1n) is 14.5. The van der Waals surface area contributed by atoms with Crippen molar-refractivity contribution in [3.05, 3.63) is 41.5 Å². The van der Waals surface area contributed by atoms with E-state index in [0.717, 1.165) is 37.0 Å². The first-order chi connectivity index (χ1) is 19.0. The van der Waals surface area contributed by atoms with Crippen LogP contribution in [0.4, 0.5) is 0 Å². The molecule has 0 saturated heterocycles. The second kappa shape index (κ2) is 10.9. The topological polar surface area (TPSA) is 149 Å². The van der Waals surface area contributed by atoms with Crippen molar-refractivity contribution in [1.82, 2.24) is 5.32 Å². The average molecular weight is 555 g/mol. The van der Waals surface area contributed by atoms with E-state index in [1.807, 2.05) is 19.1 Å². The molecule has 0 radical (unpaired) electrons. The number of oxime groups is 1. The molecule has 7 atom stereocenters. The van der Waals surface area contributed by atoms with Crippen molar-refractivity contribution in [2.75, 3.05) is 19.8 Å². The lowest BCUT2D eigenvalue weighted by atomic mass is 9.45. The molecular weight excluding hydrogens is 512 g/mol.